The predicted molar refractivity (Wildman–Crippen MR) is 76.0 cm³/mol. The lowest BCUT2D eigenvalue weighted by molar-refractivity contribution is 0.243. The third-order valence-corrected chi connectivity index (χ3v) is 6.84. The lowest BCUT2D eigenvalue weighted by atomic mass is 9.93. The molecule has 0 bridgehead atoms. The van der Waals surface area contributed by atoms with Crippen molar-refractivity contribution in [2.75, 3.05) is 20.2 Å². The van der Waals surface area contributed by atoms with E-state index in [2.05, 4.69) is 0 Å². The van der Waals surface area contributed by atoms with E-state index in [4.69, 9.17) is 10.5 Å². The van der Waals surface area contributed by atoms with Crippen LogP contribution in [0, 0.1) is 5.92 Å². The van der Waals surface area contributed by atoms with Gasteiger partial charge in [-0.1, -0.05) is 0 Å². The van der Waals surface area contributed by atoms with Crippen LogP contribution in [0.2, 0.25) is 0 Å². The van der Waals surface area contributed by atoms with Crippen molar-refractivity contribution in [2.24, 2.45) is 11.7 Å². The van der Waals surface area contributed by atoms with Gasteiger partial charge in [-0.3, -0.25) is 0 Å². The molecular weight excluding hydrogens is 284 g/mol. The molecule has 19 heavy (non-hydrogen) atoms. The number of nitrogens with two attached hydrogens (primary N) is 1. The van der Waals surface area contributed by atoms with Gasteiger partial charge in [0.25, 0.3) is 10.0 Å². The number of piperidine rings is 1. The lowest BCUT2D eigenvalue weighted by Gasteiger charge is -2.33. The van der Waals surface area contributed by atoms with Crippen LogP contribution in [0.5, 0.6) is 5.75 Å². The molecule has 2 rings (SSSR count). The summed E-state index contributed by atoms with van der Waals surface area (Å²) in [5, 5.41) is 1.73. The minimum atomic E-state index is -3.46. The predicted octanol–water partition coefficient (Wildman–Crippen LogP) is 1.50. The largest absolute Gasteiger partial charge is 0.494 e. The summed E-state index contributed by atoms with van der Waals surface area (Å²) in [6, 6.07) is 1.70. The Morgan fingerprint density at radius 1 is 1.58 bits per heavy atom. The molecule has 1 aliphatic rings. The first-order chi connectivity index (χ1) is 8.96. The summed E-state index contributed by atoms with van der Waals surface area (Å²) in [6.45, 7) is 3.00. The summed E-state index contributed by atoms with van der Waals surface area (Å²) in [4.78, 5) is 0. The molecule has 2 atom stereocenters. The molecule has 0 aliphatic carbocycles. The Hall–Kier alpha value is -0.630. The van der Waals surface area contributed by atoms with Crippen molar-refractivity contribution < 1.29 is 13.2 Å². The van der Waals surface area contributed by atoms with E-state index in [1.807, 2.05) is 6.92 Å². The van der Waals surface area contributed by atoms with Gasteiger partial charge in [0.2, 0.25) is 0 Å². The van der Waals surface area contributed by atoms with Crippen molar-refractivity contribution in [2.45, 2.75) is 30.0 Å². The highest BCUT2D eigenvalue weighted by Crippen LogP contribution is 2.34. The monoisotopic (exact) mass is 304 g/mol. The van der Waals surface area contributed by atoms with Gasteiger partial charge in [0.05, 0.1) is 7.11 Å². The minimum Gasteiger partial charge on any atom is -0.494 e. The van der Waals surface area contributed by atoms with Gasteiger partial charge in [-0.15, -0.1) is 11.3 Å². The van der Waals surface area contributed by atoms with Gasteiger partial charge in [-0.25, -0.2) is 8.42 Å². The zero-order valence-electron chi connectivity index (χ0n) is 11.2. The Kier molecular flexibility index (Phi) is 4.50. The maximum absolute atomic E-state index is 12.6. The van der Waals surface area contributed by atoms with E-state index >= 15 is 0 Å². The summed E-state index contributed by atoms with van der Waals surface area (Å²) in [5.41, 5.74) is 5.90. The fraction of sp³-hybridized carbons (Fsp3) is 0.667. The van der Waals surface area contributed by atoms with Crippen LogP contribution in [0.3, 0.4) is 0 Å². The maximum Gasteiger partial charge on any atom is 0.256 e. The van der Waals surface area contributed by atoms with Crippen LogP contribution in [0.1, 0.15) is 19.8 Å². The molecule has 1 fully saturated rings. The van der Waals surface area contributed by atoms with Crippen LogP contribution in [0.15, 0.2) is 15.7 Å². The highest BCUT2D eigenvalue weighted by Gasteiger charge is 2.34. The van der Waals surface area contributed by atoms with E-state index in [-0.39, 0.29) is 12.0 Å². The molecule has 1 saturated heterocycles. The van der Waals surface area contributed by atoms with Gasteiger partial charge >= 0.3 is 0 Å². The molecule has 1 aromatic heterocycles. The average molecular weight is 304 g/mol. The fourth-order valence-corrected chi connectivity index (χ4v) is 5.31. The summed E-state index contributed by atoms with van der Waals surface area (Å²) in [5.74, 6) is 0.655. The smallest absolute Gasteiger partial charge is 0.256 e. The van der Waals surface area contributed by atoms with E-state index in [1.165, 1.54) is 18.4 Å². The molecule has 0 spiro atoms. The van der Waals surface area contributed by atoms with Gasteiger partial charge in [-0.2, -0.15) is 4.31 Å². The zero-order chi connectivity index (χ0) is 14.0. The summed E-state index contributed by atoms with van der Waals surface area (Å²) in [6.07, 6.45) is 1.85. The van der Waals surface area contributed by atoms with Crippen molar-refractivity contribution in [3.8, 4) is 5.75 Å². The molecule has 0 radical (unpaired) electrons. The number of thiophene rings is 1. The molecule has 0 saturated carbocycles. The maximum atomic E-state index is 12.6. The Morgan fingerprint density at radius 2 is 2.32 bits per heavy atom. The molecule has 2 heterocycles. The molecule has 0 aromatic carbocycles. The third-order valence-electron chi connectivity index (χ3n) is 3.55. The van der Waals surface area contributed by atoms with Crippen LogP contribution in [-0.4, -0.2) is 39.0 Å². The van der Waals surface area contributed by atoms with Crippen molar-refractivity contribution >= 4 is 21.4 Å². The standard InChI is InChI=1S/C12H20N2O3S2/c1-9(13)10-4-3-6-14(8-10)19(15,16)12-11(17-2)5-7-18-12/h5,7,9-10H,3-4,6,8,13H2,1-2H3/t9-,10-/m0/s1. The molecule has 0 amide bonds. The van der Waals surface area contributed by atoms with Crippen LogP contribution < -0.4 is 10.5 Å². The van der Waals surface area contributed by atoms with Crippen molar-refractivity contribution in [3.05, 3.63) is 11.4 Å². The number of rotatable bonds is 4. The van der Waals surface area contributed by atoms with Gasteiger partial charge < -0.3 is 10.5 Å². The first-order valence-corrected chi connectivity index (χ1v) is 8.66. The van der Waals surface area contributed by atoms with Crippen LogP contribution in [0.25, 0.3) is 0 Å². The molecule has 1 aliphatic heterocycles. The highest BCUT2D eigenvalue weighted by atomic mass is 32.2. The molecular formula is C12H20N2O3S2. The van der Waals surface area contributed by atoms with Gasteiger partial charge in [0.15, 0.2) is 4.21 Å². The van der Waals surface area contributed by atoms with E-state index in [1.54, 1.807) is 15.8 Å². The van der Waals surface area contributed by atoms with Crippen LogP contribution >= 0.6 is 11.3 Å². The number of hydrogen-bond donors (Lipinski definition) is 1. The first kappa shape index (κ1) is 14.8. The van der Waals surface area contributed by atoms with Gasteiger partial charge in [0, 0.05) is 19.1 Å². The molecule has 2 N–H and O–H groups in total. The molecule has 7 heteroatoms. The summed E-state index contributed by atoms with van der Waals surface area (Å²) >= 11 is 1.20. The second-order valence-electron chi connectivity index (χ2n) is 4.90. The van der Waals surface area contributed by atoms with Crippen molar-refractivity contribution in [3.63, 3.8) is 0 Å². The second-order valence-corrected chi connectivity index (χ2v) is 7.95. The summed E-state index contributed by atoms with van der Waals surface area (Å²) < 4.78 is 32.2. The highest BCUT2D eigenvalue weighted by molar-refractivity contribution is 7.91. The summed E-state index contributed by atoms with van der Waals surface area (Å²) in [7, 11) is -1.97. The van der Waals surface area contributed by atoms with E-state index in [0.29, 0.717) is 23.0 Å². The molecule has 0 unspecified atom stereocenters. The molecule has 1 aromatic rings. The third kappa shape index (κ3) is 2.94. The Bertz CT molecular complexity index is 525. The number of sulfonamides is 1. The van der Waals surface area contributed by atoms with E-state index in [9.17, 15) is 8.42 Å². The van der Waals surface area contributed by atoms with E-state index in [0.717, 1.165) is 12.8 Å². The van der Waals surface area contributed by atoms with Crippen molar-refractivity contribution in [1.82, 2.24) is 4.31 Å². The first-order valence-electron chi connectivity index (χ1n) is 6.34. The van der Waals surface area contributed by atoms with Crippen LogP contribution in [0.4, 0.5) is 0 Å². The van der Waals surface area contributed by atoms with Crippen molar-refractivity contribution in [1.29, 1.82) is 0 Å². The second kappa shape index (κ2) is 5.78. The van der Waals surface area contributed by atoms with Gasteiger partial charge in [-0.05, 0) is 37.1 Å². The Morgan fingerprint density at radius 3 is 2.95 bits per heavy atom. The Balaban J connectivity index is 2.25. The quantitative estimate of drug-likeness (QED) is 0.915. The fourth-order valence-electron chi connectivity index (χ4n) is 2.36. The van der Waals surface area contributed by atoms with E-state index < -0.39 is 10.0 Å². The lowest BCUT2D eigenvalue weighted by Crippen LogP contribution is -2.44. The number of ether oxygens (including phenoxy) is 1. The number of methoxy groups -OCH3 is 1. The normalized spacial score (nSPS) is 23.2. The van der Waals surface area contributed by atoms with Gasteiger partial charge in [0.1, 0.15) is 5.75 Å². The van der Waals surface area contributed by atoms with Crippen LogP contribution in [-0.2, 0) is 10.0 Å². The number of hydrogen-bond acceptors (Lipinski definition) is 5. The topological polar surface area (TPSA) is 72.6 Å². The SMILES string of the molecule is COc1ccsc1S(=O)(=O)N1CCC[C@H]([C@H](C)N)C1. The number of nitrogens with zero attached hydrogens (tertiary/aromatic N) is 1. The minimum absolute atomic E-state index is 0.0169. The molecule has 5 nitrogen and oxygen atoms in total. The zero-order valence-corrected chi connectivity index (χ0v) is 12.8. The average Bonchev–Trinajstić information content (AvgIpc) is 2.88. The molecule has 108 valence electrons. The Labute approximate surface area is 118 Å².